The van der Waals surface area contributed by atoms with Crippen molar-refractivity contribution in [3.8, 4) is 11.1 Å². The summed E-state index contributed by atoms with van der Waals surface area (Å²) in [5.41, 5.74) is 8.08. The third-order valence-electron chi connectivity index (χ3n) is 6.94. The lowest BCUT2D eigenvalue weighted by molar-refractivity contribution is -0.142. The molecule has 3 aromatic carbocycles. The van der Waals surface area contributed by atoms with Gasteiger partial charge in [-0.25, -0.2) is 9.78 Å². The van der Waals surface area contributed by atoms with Gasteiger partial charge in [-0.3, -0.25) is 4.79 Å². The molecule has 1 aliphatic carbocycles. The van der Waals surface area contributed by atoms with Crippen molar-refractivity contribution in [2.24, 2.45) is 0 Å². The van der Waals surface area contributed by atoms with Crippen LogP contribution in [0.15, 0.2) is 83.7 Å². The number of fused-ring (bicyclic) bond motifs is 4. The molecule has 4 aromatic rings. The van der Waals surface area contributed by atoms with E-state index >= 15 is 0 Å². The van der Waals surface area contributed by atoms with Crippen molar-refractivity contribution >= 4 is 38.9 Å². The van der Waals surface area contributed by atoms with Crippen LogP contribution in [-0.2, 0) is 9.53 Å². The Morgan fingerprint density at radius 3 is 2.38 bits per heavy atom. The minimum Gasteiger partial charge on any atom is -0.460 e. The number of esters is 1. The Hall–Kier alpha value is -4.03. The van der Waals surface area contributed by atoms with Crippen molar-refractivity contribution in [3.05, 3.63) is 105 Å². The number of dihydropyridines is 1. The van der Waals surface area contributed by atoms with Crippen LogP contribution in [0.2, 0.25) is 0 Å². The first-order valence-electron chi connectivity index (χ1n) is 12.4. The molecule has 0 spiro atoms. The van der Waals surface area contributed by atoms with Crippen LogP contribution in [-0.4, -0.2) is 22.8 Å². The largest absolute Gasteiger partial charge is 0.460 e. The molecule has 0 amide bonds. The Bertz CT molecular complexity index is 1640. The van der Waals surface area contributed by atoms with Gasteiger partial charge in [-0.2, -0.15) is 0 Å². The molecule has 6 rings (SSSR count). The minimum atomic E-state index is -0.457. The Kier molecular flexibility index (Phi) is 5.57. The van der Waals surface area contributed by atoms with Crippen LogP contribution in [0, 0.1) is 0 Å². The van der Waals surface area contributed by atoms with Gasteiger partial charge in [-0.05, 0) is 56.5 Å². The van der Waals surface area contributed by atoms with Crippen LogP contribution in [0.1, 0.15) is 60.1 Å². The Labute approximate surface area is 219 Å². The maximum atomic E-state index is 13.6. The van der Waals surface area contributed by atoms with E-state index in [9.17, 15) is 9.59 Å². The number of rotatable bonds is 4. The fraction of sp³-hybridized carbons (Fsp3) is 0.194. The second kappa shape index (κ2) is 8.82. The number of nitrogens with one attached hydrogen (secondary N) is 1. The molecule has 0 saturated heterocycles. The highest BCUT2D eigenvalue weighted by Gasteiger charge is 2.40. The van der Waals surface area contributed by atoms with Gasteiger partial charge in [0.1, 0.15) is 5.01 Å². The summed E-state index contributed by atoms with van der Waals surface area (Å²) in [5, 5.41) is 4.27. The van der Waals surface area contributed by atoms with Gasteiger partial charge in [0, 0.05) is 34.0 Å². The van der Waals surface area contributed by atoms with Crippen LogP contribution < -0.4 is 5.32 Å². The van der Waals surface area contributed by atoms with E-state index in [1.54, 1.807) is 11.3 Å². The molecule has 5 nitrogen and oxygen atoms in total. The molecule has 0 radical (unpaired) electrons. The zero-order valence-corrected chi connectivity index (χ0v) is 21.9. The summed E-state index contributed by atoms with van der Waals surface area (Å²) < 4.78 is 6.83. The maximum absolute atomic E-state index is 13.6. The first kappa shape index (κ1) is 23.4. The average molecular weight is 507 g/mol. The zero-order chi connectivity index (χ0) is 25.8. The van der Waals surface area contributed by atoms with Gasteiger partial charge in [0.05, 0.1) is 21.9 Å². The lowest BCUT2D eigenvalue weighted by atomic mass is 9.77. The van der Waals surface area contributed by atoms with Crippen molar-refractivity contribution in [1.82, 2.24) is 10.3 Å². The molecular weight excluding hydrogens is 480 g/mol. The predicted molar refractivity (Wildman–Crippen MR) is 147 cm³/mol. The molecule has 0 bridgehead atoms. The number of para-hydroxylation sites is 1. The number of allylic oxidation sites excluding steroid dienone is 3. The Morgan fingerprint density at radius 1 is 0.919 bits per heavy atom. The highest BCUT2D eigenvalue weighted by molar-refractivity contribution is 7.19. The highest BCUT2D eigenvalue weighted by Crippen LogP contribution is 2.50. The topological polar surface area (TPSA) is 68.3 Å². The normalized spacial score (nSPS) is 16.8. The monoisotopic (exact) mass is 506 g/mol. The summed E-state index contributed by atoms with van der Waals surface area (Å²) in [5.74, 6) is -0.816. The Morgan fingerprint density at radius 2 is 1.62 bits per heavy atom. The SMILES string of the molecule is CC1=C(C(=O)OC(C)C)C(c2cccc3c2-c2ccccc2C3=O)C(c2nc3ccccc3s2)=C(C)N1. The minimum absolute atomic E-state index is 0.00984. The van der Waals surface area contributed by atoms with Crippen LogP contribution in [0.5, 0.6) is 0 Å². The molecule has 2 aliphatic rings. The molecule has 1 aliphatic heterocycles. The van der Waals surface area contributed by atoms with E-state index < -0.39 is 5.92 Å². The number of aromatic nitrogens is 1. The lowest BCUT2D eigenvalue weighted by Gasteiger charge is -2.32. The summed E-state index contributed by atoms with van der Waals surface area (Å²) >= 11 is 1.60. The van der Waals surface area contributed by atoms with Gasteiger partial charge in [0.2, 0.25) is 0 Å². The van der Waals surface area contributed by atoms with E-state index in [4.69, 9.17) is 9.72 Å². The fourth-order valence-corrected chi connectivity index (χ4v) is 6.57. The molecule has 1 aromatic heterocycles. The summed E-state index contributed by atoms with van der Waals surface area (Å²) in [4.78, 5) is 32.0. The molecule has 2 heterocycles. The molecule has 184 valence electrons. The lowest BCUT2D eigenvalue weighted by Crippen LogP contribution is -2.29. The summed E-state index contributed by atoms with van der Waals surface area (Å²) in [6.07, 6.45) is -0.268. The Balaban J connectivity index is 1.64. The number of carbonyl (C=O) groups is 2. The van der Waals surface area contributed by atoms with Crippen molar-refractivity contribution in [3.63, 3.8) is 0 Å². The number of hydrogen-bond donors (Lipinski definition) is 1. The molecule has 37 heavy (non-hydrogen) atoms. The van der Waals surface area contributed by atoms with Crippen molar-refractivity contribution in [1.29, 1.82) is 0 Å². The van der Waals surface area contributed by atoms with Gasteiger partial charge < -0.3 is 10.1 Å². The van der Waals surface area contributed by atoms with Crippen LogP contribution in [0.25, 0.3) is 26.9 Å². The third kappa shape index (κ3) is 3.71. The predicted octanol–water partition coefficient (Wildman–Crippen LogP) is 6.85. The summed E-state index contributed by atoms with van der Waals surface area (Å²) in [6, 6.07) is 21.5. The second-order valence-electron chi connectivity index (χ2n) is 9.72. The first-order valence-corrected chi connectivity index (χ1v) is 13.2. The molecule has 0 fully saturated rings. The summed E-state index contributed by atoms with van der Waals surface area (Å²) in [6.45, 7) is 7.63. The van der Waals surface area contributed by atoms with E-state index in [1.165, 1.54) is 0 Å². The fourth-order valence-electron chi connectivity index (χ4n) is 5.47. The van der Waals surface area contributed by atoms with Crippen LogP contribution >= 0.6 is 11.3 Å². The molecule has 1 unspecified atom stereocenters. The van der Waals surface area contributed by atoms with E-state index in [0.29, 0.717) is 16.7 Å². The number of hydrogen-bond acceptors (Lipinski definition) is 6. The zero-order valence-electron chi connectivity index (χ0n) is 21.1. The third-order valence-corrected chi connectivity index (χ3v) is 8.01. The van der Waals surface area contributed by atoms with Crippen molar-refractivity contribution in [2.45, 2.75) is 39.7 Å². The van der Waals surface area contributed by atoms with E-state index in [1.807, 2.05) is 88.4 Å². The van der Waals surface area contributed by atoms with Crippen LogP contribution in [0.4, 0.5) is 0 Å². The average Bonchev–Trinajstić information content (AvgIpc) is 3.42. The maximum Gasteiger partial charge on any atom is 0.337 e. The first-order chi connectivity index (χ1) is 17.8. The number of carbonyl (C=O) groups excluding carboxylic acids is 2. The molecule has 1 atom stereocenters. The number of ether oxygens (including phenoxy) is 1. The van der Waals surface area contributed by atoms with Gasteiger partial charge in [0.15, 0.2) is 5.78 Å². The van der Waals surface area contributed by atoms with Crippen molar-refractivity contribution < 1.29 is 14.3 Å². The smallest absolute Gasteiger partial charge is 0.337 e. The van der Waals surface area contributed by atoms with Gasteiger partial charge in [0.25, 0.3) is 0 Å². The van der Waals surface area contributed by atoms with E-state index in [2.05, 4.69) is 11.4 Å². The molecule has 1 N–H and O–H groups in total. The second-order valence-corrected chi connectivity index (χ2v) is 10.8. The van der Waals surface area contributed by atoms with Gasteiger partial charge in [-0.15, -0.1) is 11.3 Å². The number of benzene rings is 3. The molecule has 0 saturated carbocycles. The van der Waals surface area contributed by atoms with Gasteiger partial charge >= 0.3 is 5.97 Å². The van der Waals surface area contributed by atoms with Gasteiger partial charge in [-0.1, -0.05) is 54.6 Å². The van der Waals surface area contributed by atoms with Crippen molar-refractivity contribution in [2.75, 3.05) is 0 Å². The number of thiazole rings is 1. The van der Waals surface area contributed by atoms with Crippen LogP contribution in [0.3, 0.4) is 0 Å². The number of nitrogens with zero attached hydrogens (tertiary/aromatic N) is 1. The highest BCUT2D eigenvalue weighted by atomic mass is 32.1. The molecule has 6 heteroatoms. The molecular formula is C31H26N2O3S. The standard InChI is InChI=1S/C31H26N2O3S/c1-16(2)36-31(35)26-18(4)32-17(3)25(30-33-23-14-7-8-15-24(23)37-30)28(26)21-12-9-13-22-27(21)19-10-5-6-11-20(19)29(22)34/h5-16,28,32H,1-4H3. The summed E-state index contributed by atoms with van der Waals surface area (Å²) in [7, 11) is 0. The van der Waals surface area contributed by atoms with E-state index in [-0.39, 0.29) is 17.9 Å². The van der Waals surface area contributed by atoms with E-state index in [0.717, 1.165) is 48.9 Å². The number of ketones is 1. The quantitative estimate of drug-likeness (QED) is 0.270.